The summed E-state index contributed by atoms with van der Waals surface area (Å²) in [6, 6.07) is 32.0. The fraction of sp³-hybridized carbons (Fsp3) is 0.353. The number of aromatic amines is 1. The summed E-state index contributed by atoms with van der Waals surface area (Å²) >= 11 is 0. The number of ether oxygens (including phenoxy) is 2. The van der Waals surface area contributed by atoms with Gasteiger partial charge in [0.05, 0.1) is 18.8 Å². The molecule has 7 nitrogen and oxygen atoms in total. The van der Waals surface area contributed by atoms with Crippen LogP contribution in [-0.4, -0.2) is 36.7 Å². The molecule has 1 aliphatic heterocycles. The van der Waals surface area contributed by atoms with Crippen LogP contribution in [0.4, 0.5) is 0 Å². The molecule has 8 heteroatoms. The van der Waals surface area contributed by atoms with Crippen molar-refractivity contribution in [3.8, 4) is 0 Å². The van der Waals surface area contributed by atoms with E-state index in [1.165, 1.54) is 16.8 Å². The minimum atomic E-state index is -2.23. The summed E-state index contributed by atoms with van der Waals surface area (Å²) in [6.07, 6.45) is 0.578. The molecule has 0 spiro atoms. The van der Waals surface area contributed by atoms with Crippen LogP contribution in [0.3, 0.4) is 0 Å². The number of nitrogens with zero attached hydrogens (tertiary/aromatic N) is 1. The highest BCUT2D eigenvalue weighted by atomic mass is 28.4. The van der Waals surface area contributed by atoms with Crippen molar-refractivity contribution in [2.24, 2.45) is 0 Å². The summed E-state index contributed by atoms with van der Waals surface area (Å²) in [7, 11) is -2.23. The first-order valence-electron chi connectivity index (χ1n) is 14.5. The minimum absolute atomic E-state index is 0.0365. The molecular weight excluding hydrogens is 544 g/mol. The Hall–Kier alpha value is -3.56. The Bertz CT molecular complexity index is 1480. The maximum Gasteiger partial charge on any atom is 0.330 e. The van der Waals surface area contributed by atoms with E-state index in [0.29, 0.717) is 6.42 Å². The Balaban J connectivity index is 1.52. The largest absolute Gasteiger partial charge is 0.409 e. The second-order valence-electron chi connectivity index (χ2n) is 12.4. The third-order valence-electron chi connectivity index (χ3n) is 8.55. The Kier molecular flexibility index (Phi) is 8.53. The first-order valence-corrected chi connectivity index (χ1v) is 17.4. The van der Waals surface area contributed by atoms with Crippen molar-refractivity contribution in [1.82, 2.24) is 9.55 Å². The van der Waals surface area contributed by atoms with Gasteiger partial charge in [0.15, 0.2) is 14.5 Å². The van der Waals surface area contributed by atoms with Gasteiger partial charge in [0.1, 0.15) is 5.60 Å². The van der Waals surface area contributed by atoms with Gasteiger partial charge in [-0.15, -0.1) is 0 Å². The van der Waals surface area contributed by atoms with E-state index in [2.05, 4.69) is 75.2 Å². The maximum absolute atomic E-state index is 12.9. The van der Waals surface area contributed by atoms with E-state index in [1.807, 2.05) is 54.6 Å². The molecule has 4 aromatic rings. The van der Waals surface area contributed by atoms with Crippen molar-refractivity contribution in [3.05, 3.63) is 141 Å². The van der Waals surface area contributed by atoms with Gasteiger partial charge in [0.25, 0.3) is 5.56 Å². The highest BCUT2D eigenvalue weighted by Crippen LogP contribution is 2.44. The number of aromatic nitrogens is 2. The average Bonchev–Trinajstić information content (AvgIpc) is 3.36. The molecule has 1 aromatic heterocycles. The van der Waals surface area contributed by atoms with Crippen LogP contribution in [-0.2, 0) is 19.5 Å². The summed E-state index contributed by atoms with van der Waals surface area (Å²) in [5, 5.41) is -0.0365. The Labute approximate surface area is 248 Å². The zero-order chi connectivity index (χ0) is 30.0. The van der Waals surface area contributed by atoms with Gasteiger partial charge in [-0.3, -0.25) is 14.3 Å². The third-order valence-corrected chi connectivity index (χ3v) is 13.1. The fourth-order valence-corrected chi connectivity index (χ4v) is 6.67. The zero-order valence-corrected chi connectivity index (χ0v) is 25.9. The molecule has 0 bridgehead atoms. The lowest BCUT2D eigenvalue weighted by atomic mass is 9.80. The molecule has 5 rings (SSSR count). The number of hydrogen-bond donors (Lipinski definition) is 1. The van der Waals surface area contributed by atoms with Crippen LogP contribution >= 0.6 is 0 Å². The molecule has 0 unspecified atom stereocenters. The van der Waals surface area contributed by atoms with Crippen LogP contribution in [0, 0.1) is 0 Å². The smallest absolute Gasteiger partial charge is 0.330 e. The molecular formula is C34H40N2O5Si. The number of benzene rings is 3. The van der Waals surface area contributed by atoms with Crippen LogP contribution in [0.2, 0.25) is 18.1 Å². The van der Waals surface area contributed by atoms with Gasteiger partial charge in [-0.05, 0) is 34.8 Å². The maximum atomic E-state index is 12.9. The van der Waals surface area contributed by atoms with E-state index in [1.54, 1.807) is 0 Å². The molecule has 220 valence electrons. The molecule has 0 radical (unpaired) electrons. The highest BCUT2D eigenvalue weighted by molar-refractivity contribution is 6.74. The summed E-state index contributed by atoms with van der Waals surface area (Å²) in [5.41, 5.74) is 1.14. The molecule has 3 aromatic carbocycles. The summed E-state index contributed by atoms with van der Waals surface area (Å²) in [5.74, 6) is 0. The second kappa shape index (κ2) is 12.0. The lowest BCUT2D eigenvalue weighted by Gasteiger charge is -2.39. The SMILES string of the molecule is CC(C)(C)[Si](C)(C)O[C@@H]1C[C@H](COC(c2ccccc2)(c2ccccc2)c2ccccc2)O[C@@H]1n1ccc(=O)[nH]c1=O. The summed E-state index contributed by atoms with van der Waals surface area (Å²) in [6.45, 7) is 11.2. The number of nitrogens with one attached hydrogen (secondary N) is 1. The van der Waals surface area contributed by atoms with Crippen molar-refractivity contribution in [1.29, 1.82) is 0 Å². The Morgan fingerprint density at radius 2 is 1.33 bits per heavy atom. The normalized spacial score (nSPS) is 19.6. The minimum Gasteiger partial charge on any atom is -0.409 e. The Morgan fingerprint density at radius 1 is 0.833 bits per heavy atom. The summed E-state index contributed by atoms with van der Waals surface area (Å²) < 4.78 is 21.9. The van der Waals surface area contributed by atoms with Crippen molar-refractivity contribution >= 4 is 8.32 Å². The third kappa shape index (κ3) is 5.98. The van der Waals surface area contributed by atoms with Gasteiger partial charge in [-0.25, -0.2) is 4.79 Å². The van der Waals surface area contributed by atoms with Crippen LogP contribution < -0.4 is 11.2 Å². The predicted molar refractivity (Wildman–Crippen MR) is 167 cm³/mol. The zero-order valence-electron chi connectivity index (χ0n) is 24.9. The first-order chi connectivity index (χ1) is 20.0. The van der Waals surface area contributed by atoms with Crippen LogP contribution in [0.1, 0.15) is 50.1 Å². The van der Waals surface area contributed by atoms with Gasteiger partial charge in [-0.1, -0.05) is 112 Å². The lowest BCUT2D eigenvalue weighted by molar-refractivity contribution is -0.0864. The quantitative estimate of drug-likeness (QED) is 0.187. The van der Waals surface area contributed by atoms with E-state index in [4.69, 9.17) is 13.9 Å². The molecule has 42 heavy (non-hydrogen) atoms. The van der Waals surface area contributed by atoms with Crippen LogP contribution in [0.5, 0.6) is 0 Å². The van der Waals surface area contributed by atoms with Crippen molar-refractivity contribution < 1.29 is 13.9 Å². The van der Waals surface area contributed by atoms with Crippen LogP contribution in [0.25, 0.3) is 0 Å². The van der Waals surface area contributed by atoms with E-state index in [-0.39, 0.29) is 23.9 Å². The topological polar surface area (TPSA) is 82.6 Å². The first kappa shape index (κ1) is 29.9. The van der Waals surface area contributed by atoms with Gasteiger partial charge in [-0.2, -0.15) is 0 Å². The molecule has 1 N–H and O–H groups in total. The standard InChI is InChI=1S/C34H40N2O5Si/c1-33(2,3)42(4,5)41-29-23-28(40-31(29)36-22-21-30(37)35-32(36)38)24-39-34(25-15-9-6-10-16-25,26-17-11-7-12-18-26)27-19-13-8-14-20-27/h6-22,28-29,31H,23-24H2,1-5H3,(H,35,37,38)/t28-,29-,31+/m1/s1. The van der Waals surface area contributed by atoms with E-state index in [9.17, 15) is 9.59 Å². The summed E-state index contributed by atoms with van der Waals surface area (Å²) in [4.78, 5) is 27.1. The molecule has 1 aliphatic rings. The van der Waals surface area contributed by atoms with Gasteiger partial charge < -0.3 is 13.9 Å². The second-order valence-corrected chi connectivity index (χ2v) is 17.2. The highest BCUT2D eigenvalue weighted by Gasteiger charge is 2.47. The molecule has 0 aliphatic carbocycles. The molecule has 3 atom stereocenters. The average molecular weight is 585 g/mol. The van der Waals surface area contributed by atoms with E-state index >= 15 is 0 Å². The molecule has 1 fully saturated rings. The van der Waals surface area contributed by atoms with Gasteiger partial charge in [0.2, 0.25) is 0 Å². The number of rotatable bonds is 9. The molecule has 2 heterocycles. The van der Waals surface area contributed by atoms with Crippen molar-refractivity contribution in [2.45, 2.75) is 69.4 Å². The molecule has 0 amide bonds. The van der Waals surface area contributed by atoms with Crippen LogP contribution in [0.15, 0.2) is 113 Å². The predicted octanol–water partition coefficient (Wildman–Crippen LogP) is 6.22. The molecule has 1 saturated heterocycles. The van der Waals surface area contributed by atoms with Gasteiger partial charge >= 0.3 is 5.69 Å². The Morgan fingerprint density at radius 3 is 1.79 bits per heavy atom. The van der Waals surface area contributed by atoms with E-state index < -0.39 is 31.4 Å². The number of H-pyrrole nitrogens is 1. The number of hydrogen-bond acceptors (Lipinski definition) is 5. The lowest BCUT2D eigenvalue weighted by Crippen LogP contribution is -2.46. The van der Waals surface area contributed by atoms with Crippen molar-refractivity contribution in [3.63, 3.8) is 0 Å². The van der Waals surface area contributed by atoms with Crippen molar-refractivity contribution in [2.75, 3.05) is 6.61 Å². The monoisotopic (exact) mass is 584 g/mol. The van der Waals surface area contributed by atoms with E-state index in [0.717, 1.165) is 16.7 Å². The molecule has 0 saturated carbocycles. The van der Waals surface area contributed by atoms with Gasteiger partial charge in [0, 0.05) is 18.7 Å². The fourth-order valence-electron chi connectivity index (χ4n) is 5.34.